The second kappa shape index (κ2) is 5.55. The predicted octanol–water partition coefficient (Wildman–Crippen LogP) is 3.73. The molecule has 0 aliphatic carbocycles. The quantitative estimate of drug-likeness (QED) is 0.803. The minimum Gasteiger partial charge on any atom is -0.354 e. The van der Waals surface area contributed by atoms with Crippen molar-refractivity contribution in [2.75, 3.05) is 11.9 Å². The highest BCUT2D eigenvalue weighted by atomic mass is 35.5. The Balaban J connectivity index is 2.25. The molecular formula is C13H13Cl2N3. The fourth-order valence-corrected chi connectivity index (χ4v) is 2.09. The van der Waals surface area contributed by atoms with E-state index in [0.717, 1.165) is 6.54 Å². The number of hydrogen-bond acceptors (Lipinski definition) is 3. The Morgan fingerprint density at radius 2 is 1.94 bits per heavy atom. The number of nitrogens with zero attached hydrogens (tertiary/aromatic N) is 3. The van der Waals surface area contributed by atoms with Crippen molar-refractivity contribution in [3.8, 4) is 0 Å². The van der Waals surface area contributed by atoms with Crippen LogP contribution in [0.1, 0.15) is 11.1 Å². The average Bonchev–Trinajstić information content (AvgIpc) is 2.35. The van der Waals surface area contributed by atoms with Crippen molar-refractivity contribution in [1.29, 1.82) is 0 Å². The molecule has 3 nitrogen and oxygen atoms in total. The van der Waals surface area contributed by atoms with Crippen LogP contribution in [-0.2, 0) is 6.54 Å². The van der Waals surface area contributed by atoms with E-state index in [1.165, 1.54) is 17.3 Å². The van der Waals surface area contributed by atoms with Gasteiger partial charge in [-0.25, -0.2) is 4.98 Å². The lowest BCUT2D eigenvalue weighted by atomic mass is 10.1. The number of rotatable bonds is 3. The van der Waals surface area contributed by atoms with Crippen molar-refractivity contribution in [3.05, 3.63) is 51.9 Å². The number of benzene rings is 1. The van der Waals surface area contributed by atoms with Gasteiger partial charge >= 0.3 is 0 Å². The smallest absolute Gasteiger partial charge is 0.224 e. The summed E-state index contributed by atoms with van der Waals surface area (Å²) in [5.74, 6) is 0.639. The van der Waals surface area contributed by atoms with Crippen LogP contribution < -0.4 is 4.90 Å². The van der Waals surface area contributed by atoms with Gasteiger partial charge in [-0.15, -0.1) is 0 Å². The maximum atomic E-state index is 6.07. The molecule has 0 N–H and O–H groups in total. The van der Waals surface area contributed by atoms with Crippen molar-refractivity contribution < 1.29 is 0 Å². The monoisotopic (exact) mass is 281 g/mol. The predicted molar refractivity (Wildman–Crippen MR) is 75.3 cm³/mol. The first kappa shape index (κ1) is 13.1. The van der Waals surface area contributed by atoms with E-state index in [-0.39, 0.29) is 5.28 Å². The molecule has 0 unspecified atom stereocenters. The summed E-state index contributed by atoms with van der Waals surface area (Å²) in [7, 11) is 1.93. The van der Waals surface area contributed by atoms with Gasteiger partial charge in [0.25, 0.3) is 0 Å². The summed E-state index contributed by atoms with van der Waals surface area (Å²) in [6, 6.07) is 8.21. The van der Waals surface area contributed by atoms with Gasteiger partial charge < -0.3 is 4.90 Å². The third kappa shape index (κ3) is 2.92. The van der Waals surface area contributed by atoms with Crippen LogP contribution in [0, 0.1) is 6.92 Å². The summed E-state index contributed by atoms with van der Waals surface area (Å²) in [5, 5.41) is 0.696. The van der Waals surface area contributed by atoms with Crippen LogP contribution >= 0.6 is 23.2 Å². The summed E-state index contributed by atoms with van der Waals surface area (Å²) >= 11 is 11.9. The zero-order valence-electron chi connectivity index (χ0n) is 10.2. The molecule has 0 saturated heterocycles. The lowest BCUT2D eigenvalue weighted by Gasteiger charge is -2.20. The maximum absolute atomic E-state index is 6.07. The SMILES string of the molecule is Cc1ccccc1CN(C)c1nc(Cl)ncc1Cl. The van der Waals surface area contributed by atoms with E-state index in [1.807, 2.05) is 24.1 Å². The summed E-state index contributed by atoms with van der Waals surface area (Å²) in [6.07, 6.45) is 1.51. The summed E-state index contributed by atoms with van der Waals surface area (Å²) < 4.78 is 0. The molecule has 5 heteroatoms. The molecule has 1 aromatic carbocycles. The molecule has 2 aromatic rings. The fourth-order valence-electron chi connectivity index (χ4n) is 1.72. The standard InChI is InChI=1S/C13H13Cl2N3/c1-9-5-3-4-6-10(9)8-18(2)12-11(14)7-16-13(15)17-12/h3-7H,8H2,1-2H3. The van der Waals surface area contributed by atoms with Gasteiger partial charge in [0.1, 0.15) is 5.02 Å². The molecule has 0 fully saturated rings. The molecule has 0 bridgehead atoms. The van der Waals surface area contributed by atoms with Gasteiger partial charge in [0, 0.05) is 13.6 Å². The molecular weight excluding hydrogens is 269 g/mol. The zero-order valence-corrected chi connectivity index (χ0v) is 11.7. The molecule has 0 saturated carbocycles. The van der Waals surface area contributed by atoms with Gasteiger partial charge in [-0.3, -0.25) is 0 Å². The van der Waals surface area contributed by atoms with Gasteiger partial charge in [-0.1, -0.05) is 35.9 Å². The number of anilines is 1. The van der Waals surface area contributed by atoms with Crippen LogP contribution in [0.3, 0.4) is 0 Å². The average molecular weight is 282 g/mol. The summed E-state index contributed by atoms with van der Waals surface area (Å²) in [4.78, 5) is 9.95. The number of aryl methyl sites for hydroxylation is 1. The number of halogens is 2. The molecule has 0 spiro atoms. The van der Waals surface area contributed by atoms with Crippen LogP contribution in [0.5, 0.6) is 0 Å². The van der Waals surface area contributed by atoms with E-state index < -0.39 is 0 Å². The largest absolute Gasteiger partial charge is 0.354 e. The third-order valence-electron chi connectivity index (χ3n) is 2.73. The minimum atomic E-state index is 0.200. The Kier molecular flexibility index (Phi) is 4.04. The lowest BCUT2D eigenvalue weighted by Crippen LogP contribution is -2.19. The van der Waals surface area contributed by atoms with Crippen LogP contribution in [-0.4, -0.2) is 17.0 Å². The Bertz CT molecular complexity index is 558. The van der Waals surface area contributed by atoms with E-state index in [2.05, 4.69) is 29.0 Å². The van der Waals surface area contributed by atoms with E-state index >= 15 is 0 Å². The first-order valence-electron chi connectivity index (χ1n) is 5.51. The Labute approximate surface area is 116 Å². The molecule has 94 valence electrons. The Morgan fingerprint density at radius 1 is 1.22 bits per heavy atom. The molecule has 0 atom stereocenters. The zero-order chi connectivity index (χ0) is 13.1. The molecule has 18 heavy (non-hydrogen) atoms. The second-order valence-electron chi connectivity index (χ2n) is 4.09. The van der Waals surface area contributed by atoms with Crippen LogP contribution in [0.2, 0.25) is 10.3 Å². The fraction of sp³-hybridized carbons (Fsp3) is 0.231. The first-order chi connectivity index (χ1) is 8.58. The van der Waals surface area contributed by atoms with E-state index in [0.29, 0.717) is 10.8 Å². The first-order valence-corrected chi connectivity index (χ1v) is 6.27. The van der Waals surface area contributed by atoms with E-state index in [4.69, 9.17) is 23.2 Å². The molecule has 0 amide bonds. The normalized spacial score (nSPS) is 10.4. The van der Waals surface area contributed by atoms with Crippen LogP contribution in [0.25, 0.3) is 0 Å². The topological polar surface area (TPSA) is 29.0 Å². The second-order valence-corrected chi connectivity index (χ2v) is 4.84. The highest BCUT2D eigenvalue weighted by molar-refractivity contribution is 6.33. The van der Waals surface area contributed by atoms with Gasteiger partial charge in [-0.05, 0) is 29.7 Å². The molecule has 2 rings (SSSR count). The Hall–Kier alpha value is -1.32. The molecule has 0 radical (unpaired) electrons. The van der Waals surface area contributed by atoms with Crippen molar-refractivity contribution in [2.24, 2.45) is 0 Å². The molecule has 1 aromatic heterocycles. The Morgan fingerprint density at radius 3 is 2.67 bits per heavy atom. The van der Waals surface area contributed by atoms with Crippen molar-refractivity contribution in [2.45, 2.75) is 13.5 Å². The molecule has 1 heterocycles. The number of hydrogen-bond donors (Lipinski definition) is 0. The summed E-state index contributed by atoms with van der Waals surface area (Å²) in [6.45, 7) is 2.80. The van der Waals surface area contributed by atoms with Crippen LogP contribution in [0.4, 0.5) is 5.82 Å². The minimum absolute atomic E-state index is 0.200. The van der Waals surface area contributed by atoms with Gasteiger partial charge in [-0.2, -0.15) is 4.98 Å². The van der Waals surface area contributed by atoms with Gasteiger partial charge in [0.2, 0.25) is 5.28 Å². The molecule has 0 aliphatic heterocycles. The van der Waals surface area contributed by atoms with Crippen LogP contribution in [0.15, 0.2) is 30.5 Å². The maximum Gasteiger partial charge on any atom is 0.224 e. The third-order valence-corrected chi connectivity index (χ3v) is 3.18. The number of aromatic nitrogens is 2. The highest BCUT2D eigenvalue weighted by Crippen LogP contribution is 2.24. The lowest BCUT2D eigenvalue weighted by molar-refractivity contribution is 0.884. The van der Waals surface area contributed by atoms with E-state index in [1.54, 1.807) is 0 Å². The van der Waals surface area contributed by atoms with Gasteiger partial charge in [0.15, 0.2) is 5.82 Å². The van der Waals surface area contributed by atoms with Crippen molar-refractivity contribution in [1.82, 2.24) is 9.97 Å². The van der Waals surface area contributed by atoms with Crippen molar-refractivity contribution in [3.63, 3.8) is 0 Å². The van der Waals surface area contributed by atoms with Crippen molar-refractivity contribution >= 4 is 29.0 Å². The molecule has 0 aliphatic rings. The van der Waals surface area contributed by atoms with Gasteiger partial charge in [0.05, 0.1) is 6.20 Å². The highest BCUT2D eigenvalue weighted by Gasteiger charge is 2.10. The summed E-state index contributed by atoms with van der Waals surface area (Å²) in [5.41, 5.74) is 2.46. The van der Waals surface area contributed by atoms with E-state index in [9.17, 15) is 0 Å².